The molecule has 1 amide bonds. The fourth-order valence-corrected chi connectivity index (χ4v) is 4.36. The molecule has 0 aliphatic carbocycles. The summed E-state index contributed by atoms with van der Waals surface area (Å²) in [6, 6.07) is 7.52. The fraction of sp³-hybridized carbons (Fsp3) is 0.500. The van der Waals surface area contributed by atoms with Gasteiger partial charge in [0, 0.05) is 60.8 Å². The number of piperazine rings is 1. The lowest BCUT2D eigenvalue weighted by atomic mass is 10.1. The van der Waals surface area contributed by atoms with Crippen LogP contribution in [0.3, 0.4) is 0 Å². The van der Waals surface area contributed by atoms with Crippen molar-refractivity contribution >= 4 is 11.7 Å². The van der Waals surface area contributed by atoms with Gasteiger partial charge in [-0.3, -0.25) is 14.5 Å². The van der Waals surface area contributed by atoms with E-state index in [-0.39, 0.29) is 11.7 Å². The summed E-state index contributed by atoms with van der Waals surface area (Å²) in [6.07, 6.45) is 0. The normalized spacial score (nSPS) is 14.7. The molecule has 31 heavy (non-hydrogen) atoms. The minimum atomic E-state index is -0.0522. The topological polar surface area (TPSA) is 64.0 Å². The molecule has 1 saturated heterocycles. The summed E-state index contributed by atoms with van der Waals surface area (Å²) in [5.74, 6) is 1.26. The molecule has 0 atom stereocenters. The number of aromatic nitrogens is 1. The van der Waals surface area contributed by atoms with E-state index in [1.165, 1.54) is 0 Å². The van der Waals surface area contributed by atoms with Crippen LogP contribution in [0.25, 0.3) is 0 Å². The molecule has 0 radical (unpaired) electrons. The van der Waals surface area contributed by atoms with Crippen LogP contribution in [0.1, 0.15) is 52.0 Å². The highest BCUT2D eigenvalue weighted by molar-refractivity contribution is 5.99. The van der Waals surface area contributed by atoms with E-state index in [9.17, 15) is 9.59 Å². The lowest BCUT2D eigenvalue weighted by molar-refractivity contribution is 0.0623. The van der Waals surface area contributed by atoms with Crippen LogP contribution in [0.15, 0.2) is 24.3 Å². The summed E-state index contributed by atoms with van der Waals surface area (Å²) < 4.78 is 12.7. The molecule has 1 aliphatic heterocycles. The highest BCUT2D eigenvalue weighted by Crippen LogP contribution is 2.24. The van der Waals surface area contributed by atoms with Crippen molar-refractivity contribution in [2.75, 3.05) is 46.9 Å². The van der Waals surface area contributed by atoms with Gasteiger partial charge in [-0.05, 0) is 45.9 Å². The molecule has 0 unspecified atom stereocenters. The summed E-state index contributed by atoms with van der Waals surface area (Å²) in [5, 5.41) is 0. The van der Waals surface area contributed by atoms with E-state index >= 15 is 0 Å². The van der Waals surface area contributed by atoms with E-state index in [4.69, 9.17) is 9.47 Å². The van der Waals surface area contributed by atoms with Gasteiger partial charge in [0.15, 0.2) is 5.78 Å². The lowest BCUT2D eigenvalue weighted by Gasteiger charge is -2.34. The number of nitrogens with zero attached hydrogens (tertiary/aromatic N) is 3. The maximum absolute atomic E-state index is 13.0. The van der Waals surface area contributed by atoms with Gasteiger partial charge in [-0.15, -0.1) is 0 Å². The van der Waals surface area contributed by atoms with Gasteiger partial charge in [0.25, 0.3) is 5.91 Å². The van der Waals surface area contributed by atoms with E-state index in [1.54, 1.807) is 32.4 Å². The van der Waals surface area contributed by atoms with Crippen molar-refractivity contribution < 1.29 is 19.1 Å². The van der Waals surface area contributed by atoms with Crippen molar-refractivity contribution in [3.63, 3.8) is 0 Å². The molecular formula is C24H33N3O4. The van der Waals surface area contributed by atoms with Crippen molar-refractivity contribution in [2.45, 2.75) is 33.7 Å². The quantitative estimate of drug-likeness (QED) is 0.634. The van der Waals surface area contributed by atoms with Gasteiger partial charge in [0.05, 0.1) is 20.8 Å². The Bertz CT molecular complexity index is 934. The first kappa shape index (κ1) is 22.9. The number of hydrogen-bond donors (Lipinski definition) is 0. The Labute approximate surface area is 184 Å². The molecular weight excluding hydrogens is 394 g/mol. The highest BCUT2D eigenvalue weighted by atomic mass is 16.5. The summed E-state index contributed by atoms with van der Waals surface area (Å²) in [7, 11) is 3.13. The number of carbonyl (C=O) groups excluding carboxylic acids is 2. The van der Waals surface area contributed by atoms with Gasteiger partial charge in [-0.25, -0.2) is 0 Å². The minimum Gasteiger partial charge on any atom is -0.497 e. The Balaban J connectivity index is 1.62. The molecule has 7 heteroatoms. The second kappa shape index (κ2) is 9.56. The number of aryl methyl sites for hydroxylation is 1. The van der Waals surface area contributed by atoms with Crippen LogP contribution in [-0.4, -0.2) is 73.0 Å². The SMILES string of the molecule is COc1cc(OC)cc(C(=O)N2CCN(CC(=O)c3cc(C)n(C(C)C)c3C)CC2)c1. The van der Waals surface area contributed by atoms with E-state index in [0.717, 1.165) is 17.0 Å². The van der Waals surface area contributed by atoms with Gasteiger partial charge in [0.2, 0.25) is 0 Å². The van der Waals surface area contributed by atoms with Crippen LogP contribution in [-0.2, 0) is 0 Å². The molecule has 1 aliphatic rings. The maximum Gasteiger partial charge on any atom is 0.254 e. The van der Waals surface area contributed by atoms with Crippen LogP contribution >= 0.6 is 0 Å². The van der Waals surface area contributed by atoms with Crippen LogP contribution in [0.5, 0.6) is 11.5 Å². The van der Waals surface area contributed by atoms with Gasteiger partial charge in [-0.1, -0.05) is 0 Å². The average Bonchev–Trinajstić information content (AvgIpc) is 3.07. The molecule has 0 spiro atoms. The molecule has 1 fully saturated rings. The second-order valence-electron chi connectivity index (χ2n) is 8.34. The second-order valence-corrected chi connectivity index (χ2v) is 8.34. The summed E-state index contributed by atoms with van der Waals surface area (Å²) in [6.45, 7) is 11.2. The smallest absolute Gasteiger partial charge is 0.254 e. The van der Waals surface area contributed by atoms with Gasteiger partial charge < -0.3 is 18.9 Å². The van der Waals surface area contributed by atoms with E-state index in [2.05, 4.69) is 23.3 Å². The van der Waals surface area contributed by atoms with Crippen molar-refractivity contribution in [2.24, 2.45) is 0 Å². The molecule has 2 heterocycles. The van der Waals surface area contributed by atoms with Gasteiger partial charge in [-0.2, -0.15) is 0 Å². The number of amides is 1. The predicted molar refractivity (Wildman–Crippen MR) is 121 cm³/mol. The van der Waals surface area contributed by atoms with Gasteiger partial charge in [0.1, 0.15) is 11.5 Å². The Hall–Kier alpha value is -2.80. The zero-order valence-corrected chi connectivity index (χ0v) is 19.4. The van der Waals surface area contributed by atoms with Crippen LogP contribution in [0, 0.1) is 13.8 Å². The van der Waals surface area contributed by atoms with Crippen molar-refractivity contribution in [1.82, 2.24) is 14.4 Å². The third kappa shape index (κ3) is 4.93. The number of ketones is 1. The van der Waals surface area contributed by atoms with Crippen LogP contribution < -0.4 is 9.47 Å². The standard InChI is InChI=1S/C24H33N3O4/c1-16(2)27-17(3)11-22(18(27)4)23(28)15-25-7-9-26(10-8-25)24(29)19-12-20(30-5)14-21(13-19)31-6/h11-14,16H,7-10,15H2,1-6H3. The number of hydrogen-bond acceptors (Lipinski definition) is 5. The van der Waals surface area contributed by atoms with Crippen molar-refractivity contribution in [1.29, 1.82) is 0 Å². The minimum absolute atomic E-state index is 0.0522. The Morgan fingerprint density at radius 3 is 2.00 bits per heavy atom. The highest BCUT2D eigenvalue weighted by Gasteiger charge is 2.25. The van der Waals surface area contributed by atoms with E-state index in [1.807, 2.05) is 24.8 Å². The third-order valence-electron chi connectivity index (χ3n) is 5.93. The molecule has 2 aromatic rings. The summed E-state index contributed by atoms with van der Waals surface area (Å²) >= 11 is 0. The van der Waals surface area contributed by atoms with Crippen molar-refractivity contribution in [3.05, 3.63) is 46.8 Å². The molecule has 3 rings (SSSR count). The zero-order chi connectivity index (χ0) is 22.7. The first-order valence-electron chi connectivity index (χ1n) is 10.7. The van der Waals surface area contributed by atoms with Crippen LogP contribution in [0.2, 0.25) is 0 Å². The number of ether oxygens (including phenoxy) is 2. The molecule has 168 valence electrons. The third-order valence-corrected chi connectivity index (χ3v) is 5.93. The molecule has 0 saturated carbocycles. The number of rotatable bonds is 7. The monoisotopic (exact) mass is 427 g/mol. The molecule has 7 nitrogen and oxygen atoms in total. The summed E-state index contributed by atoms with van der Waals surface area (Å²) in [5.41, 5.74) is 3.48. The molecule has 0 N–H and O–H groups in total. The Morgan fingerprint density at radius 1 is 0.935 bits per heavy atom. The van der Waals surface area contributed by atoms with Crippen molar-refractivity contribution in [3.8, 4) is 11.5 Å². The average molecular weight is 428 g/mol. The Kier molecular flexibility index (Phi) is 7.05. The Morgan fingerprint density at radius 2 is 1.52 bits per heavy atom. The largest absolute Gasteiger partial charge is 0.497 e. The first-order valence-corrected chi connectivity index (χ1v) is 10.7. The number of Topliss-reactive ketones (excluding diaryl/α,β-unsaturated/α-hetero) is 1. The number of benzene rings is 1. The maximum atomic E-state index is 13.0. The lowest BCUT2D eigenvalue weighted by Crippen LogP contribution is -2.49. The van der Waals surface area contributed by atoms with E-state index in [0.29, 0.717) is 55.8 Å². The summed E-state index contributed by atoms with van der Waals surface area (Å²) in [4.78, 5) is 29.8. The number of methoxy groups -OCH3 is 2. The fourth-order valence-electron chi connectivity index (χ4n) is 4.36. The molecule has 1 aromatic heterocycles. The van der Waals surface area contributed by atoms with Gasteiger partial charge >= 0.3 is 0 Å². The zero-order valence-electron chi connectivity index (χ0n) is 19.4. The van der Waals surface area contributed by atoms with E-state index < -0.39 is 0 Å². The molecule has 0 bridgehead atoms. The number of carbonyl (C=O) groups is 2. The molecule has 1 aromatic carbocycles. The first-order chi connectivity index (χ1) is 14.7. The van der Waals surface area contributed by atoms with Crippen LogP contribution in [0.4, 0.5) is 0 Å². The predicted octanol–water partition coefficient (Wildman–Crippen LogP) is 3.34.